The molecule has 9 heteroatoms. The molecule has 0 saturated heterocycles. The second-order valence-electron chi connectivity index (χ2n) is 5.19. The third-order valence-corrected chi connectivity index (χ3v) is 5.34. The van der Waals surface area contributed by atoms with Gasteiger partial charge in [-0.3, -0.25) is 4.79 Å². The fourth-order valence-electron chi connectivity index (χ4n) is 2.13. The van der Waals surface area contributed by atoms with E-state index in [1.54, 1.807) is 35.8 Å². The Kier molecular flexibility index (Phi) is 6.92. The van der Waals surface area contributed by atoms with Gasteiger partial charge in [-0.15, -0.1) is 10.2 Å². The first-order chi connectivity index (χ1) is 13.1. The van der Waals surface area contributed by atoms with Crippen LogP contribution >= 0.6 is 34.7 Å². The normalized spacial score (nSPS) is 10.4. The summed E-state index contributed by atoms with van der Waals surface area (Å²) in [5.41, 5.74) is 2.12. The number of benzene rings is 2. The van der Waals surface area contributed by atoms with Gasteiger partial charge in [0.25, 0.3) is 0 Å². The Balaban J connectivity index is 1.67. The van der Waals surface area contributed by atoms with Gasteiger partial charge in [0.15, 0.2) is 10.1 Å². The van der Waals surface area contributed by atoms with Crippen LogP contribution in [0.2, 0.25) is 5.02 Å². The highest BCUT2D eigenvalue weighted by atomic mass is 35.5. The Morgan fingerprint density at radius 2 is 2.00 bits per heavy atom. The lowest BCUT2D eigenvalue weighted by Crippen LogP contribution is -2.14. The molecule has 0 aliphatic heterocycles. The van der Waals surface area contributed by atoms with Crippen LogP contribution in [0, 0.1) is 0 Å². The SMILES string of the molecule is CCOc1ccc(Oc2ccc(Cl)cc2NC(=O)CSc2nncs2)cc1. The molecule has 27 heavy (non-hydrogen) atoms. The van der Waals surface area contributed by atoms with Crippen molar-refractivity contribution in [3.8, 4) is 17.2 Å². The van der Waals surface area contributed by atoms with Gasteiger partial charge in [-0.25, -0.2) is 0 Å². The first-order valence-corrected chi connectivity index (χ1v) is 10.3. The number of nitrogens with one attached hydrogen (secondary N) is 1. The summed E-state index contributed by atoms with van der Waals surface area (Å²) >= 11 is 8.78. The van der Waals surface area contributed by atoms with Crippen molar-refractivity contribution in [2.24, 2.45) is 0 Å². The zero-order chi connectivity index (χ0) is 19.1. The molecule has 0 unspecified atom stereocenters. The van der Waals surface area contributed by atoms with E-state index >= 15 is 0 Å². The molecule has 1 amide bonds. The number of carbonyl (C=O) groups excluding carboxylic acids is 1. The molecule has 140 valence electrons. The van der Waals surface area contributed by atoms with Crippen LogP contribution in [0.5, 0.6) is 17.2 Å². The molecule has 0 saturated carbocycles. The molecule has 0 radical (unpaired) electrons. The third-order valence-electron chi connectivity index (χ3n) is 3.25. The largest absolute Gasteiger partial charge is 0.494 e. The van der Waals surface area contributed by atoms with Gasteiger partial charge in [0.05, 0.1) is 18.0 Å². The van der Waals surface area contributed by atoms with Crippen molar-refractivity contribution >= 4 is 46.3 Å². The molecule has 0 aliphatic rings. The van der Waals surface area contributed by atoms with Crippen molar-refractivity contribution in [1.82, 2.24) is 10.2 Å². The van der Waals surface area contributed by atoms with E-state index in [4.69, 9.17) is 21.1 Å². The zero-order valence-corrected chi connectivity index (χ0v) is 16.7. The van der Waals surface area contributed by atoms with E-state index in [-0.39, 0.29) is 11.7 Å². The number of halogens is 1. The Bertz CT molecular complexity index is 889. The molecule has 6 nitrogen and oxygen atoms in total. The van der Waals surface area contributed by atoms with Gasteiger partial charge >= 0.3 is 0 Å². The monoisotopic (exact) mass is 421 g/mol. The maximum Gasteiger partial charge on any atom is 0.234 e. The van der Waals surface area contributed by atoms with Crippen LogP contribution in [-0.2, 0) is 4.79 Å². The van der Waals surface area contributed by atoms with Crippen molar-refractivity contribution in [2.45, 2.75) is 11.3 Å². The van der Waals surface area contributed by atoms with E-state index in [0.717, 1.165) is 10.1 Å². The Morgan fingerprint density at radius 3 is 2.70 bits per heavy atom. The van der Waals surface area contributed by atoms with Crippen LogP contribution in [0.4, 0.5) is 5.69 Å². The van der Waals surface area contributed by atoms with Gasteiger partial charge in [0, 0.05) is 5.02 Å². The summed E-state index contributed by atoms with van der Waals surface area (Å²) in [7, 11) is 0. The molecular weight excluding hydrogens is 406 g/mol. The molecule has 3 rings (SSSR count). The van der Waals surface area contributed by atoms with Crippen molar-refractivity contribution in [3.05, 3.63) is 53.0 Å². The predicted molar refractivity (Wildman–Crippen MR) is 108 cm³/mol. The lowest BCUT2D eigenvalue weighted by Gasteiger charge is -2.13. The van der Waals surface area contributed by atoms with Crippen LogP contribution < -0.4 is 14.8 Å². The maximum atomic E-state index is 12.2. The van der Waals surface area contributed by atoms with E-state index in [0.29, 0.717) is 28.8 Å². The fraction of sp³-hybridized carbons (Fsp3) is 0.167. The molecule has 0 bridgehead atoms. The standard InChI is InChI=1S/C18H16ClN3O3S2/c1-2-24-13-4-6-14(7-5-13)25-16-8-3-12(19)9-15(16)21-17(23)10-26-18-22-20-11-27-18/h3-9,11H,2,10H2,1H3,(H,21,23). The lowest BCUT2D eigenvalue weighted by molar-refractivity contribution is -0.113. The summed E-state index contributed by atoms with van der Waals surface area (Å²) in [6.07, 6.45) is 0. The van der Waals surface area contributed by atoms with Crippen LogP contribution in [0.15, 0.2) is 52.3 Å². The van der Waals surface area contributed by atoms with Gasteiger partial charge in [-0.05, 0) is 49.4 Å². The van der Waals surface area contributed by atoms with Gasteiger partial charge < -0.3 is 14.8 Å². The Morgan fingerprint density at radius 1 is 1.22 bits per heavy atom. The number of nitrogens with zero attached hydrogens (tertiary/aromatic N) is 2. The molecule has 0 spiro atoms. The van der Waals surface area contributed by atoms with E-state index < -0.39 is 0 Å². The Hall–Kier alpha value is -2.29. The molecule has 1 N–H and O–H groups in total. The quantitative estimate of drug-likeness (QED) is 0.509. The van der Waals surface area contributed by atoms with Crippen LogP contribution in [0.25, 0.3) is 0 Å². The van der Waals surface area contributed by atoms with Crippen molar-refractivity contribution in [2.75, 3.05) is 17.7 Å². The minimum Gasteiger partial charge on any atom is -0.494 e. The van der Waals surface area contributed by atoms with Gasteiger partial charge in [0.1, 0.15) is 17.0 Å². The maximum absolute atomic E-state index is 12.2. The molecule has 2 aromatic carbocycles. The average Bonchev–Trinajstić information content (AvgIpc) is 3.18. The number of amides is 1. The molecule has 0 atom stereocenters. The van der Waals surface area contributed by atoms with E-state index in [9.17, 15) is 4.79 Å². The summed E-state index contributed by atoms with van der Waals surface area (Å²) in [4.78, 5) is 12.2. The number of hydrogen-bond acceptors (Lipinski definition) is 7. The number of aromatic nitrogens is 2. The summed E-state index contributed by atoms with van der Waals surface area (Å²) in [5, 5.41) is 11.0. The molecule has 3 aromatic rings. The van der Waals surface area contributed by atoms with E-state index in [1.807, 2.05) is 19.1 Å². The number of ether oxygens (including phenoxy) is 2. The highest BCUT2D eigenvalue weighted by Gasteiger charge is 2.11. The zero-order valence-electron chi connectivity index (χ0n) is 14.3. The summed E-state index contributed by atoms with van der Waals surface area (Å²) < 4.78 is 12.1. The molecule has 1 heterocycles. The number of rotatable bonds is 8. The van der Waals surface area contributed by atoms with Crippen molar-refractivity contribution < 1.29 is 14.3 Å². The first-order valence-electron chi connectivity index (χ1n) is 8.03. The lowest BCUT2D eigenvalue weighted by atomic mass is 10.2. The van der Waals surface area contributed by atoms with Crippen molar-refractivity contribution in [1.29, 1.82) is 0 Å². The predicted octanol–water partition coefficient (Wildman–Crippen LogP) is 5.11. The minimum atomic E-state index is -0.186. The smallest absolute Gasteiger partial charge is 0.234 e. The fourth-order valence-corrected chi connectivity index (χ4v) is 3.59. The summed E-state index contributed by atoms with van der Waals surface area (Å²) in [6, 6.07) is 12.3. The van der Waals surface area contributed by atoms with Gasteiger partial charge in [-0.2, -0.15) is 0 Å². The van der Waals surface area contributed by atoms with Gasteiger partial charge in [-0.1, -0.05) is 34.7 Å². The second-order valence-corrected chi connectivity index (χ2v) is 7.68. The van der Waals surface area contributed by atoms with Crippen LogP contribution in [0.1, 0.15) is 6.92 Å². The van der Waals surface area contributed by atoms with E-state index in [2.05, 4.69) is 15.5 Å². The molecule has 0 aliphatic carbocycles. The third kappa shape index (κ3) is 5.85. The highest BCUT2D eigenvalue weighted by Crippen LogP contribution is 2.33. The van der Waals surface area contributed by atoms with Crippen molar-refractivity contribution in [3.63, 3.8) is 0 Å². The number of thioether (sulfide) groups is 1. The minimum absolute atomic E-state index is 0.186. The van der Waals surface area contributed by atoms with Gasteiger partial charge in [0.2, 0.25) is 5.91 Å². The number of anilines is 1. The molecular formula is C18H16ClN3O3S2. The molecule has 1 aromatic heterocycles. The second kappa shape index (κ2) is 9.59. The average molecular weight is 422 g/mol. The molecule has 0 fully saturated rings. The highest BCUT2D eigenvalue weighted by molar-refractivity contribution is 8.01. The summed E-state index contributed by atoms with van der Waals surface area (Å²) in [6.45, 7) is 2.53. The van der Waals surface area contributed by atoms with Crippen LogP contribution in [-0.4, -0.2) is 28.5 Å². The summed E-state index contributed by atoms with van der Waals surface area (Å²) in [5.74, 6) is 1.92. The number of carbonyl (C=O) groups is 1. The van der Waals surface area contributed by atoms with Crippen LogP contribution in [0.3, 0.4) is 0 Å². The Labute approximate surface area is 169 Å². The van der Waals surface area contributed by atoms with E-state index in [1.165, 1.54) is 23.1 Å². The number of hydrogen-bond donors (Lipinski definition) is 1. The first kappa shape index (κ1) is 19.5. The topological polar surface area (TPSA) is 73.3 Å².